The van der Waals surface area contributed by atoms with E-state index in [4.69, 9.17) is 9.47 Å². The molecule has 0 radical (unpaired) electrons. The highest BCUT2D eigenvalue weighted by molar-refractivity contribution is 6.24. The average Bonchev–Trinajstić information content (AvgIpc) is 2.87. The van der Waals surface area contributed by atoms with Crippen molar-refractivity contribution in [2.75, 3.05) is 12.0 Å². The summed E-state index contributed by atoms with van der Waals surface area (Å²) in [6.07, 6.45) is 0.327. The molecular formula is C17H13NO6. The summed E-state index contributed by atoms with van der Waals surface area (Å²) in [5.41, 5.74) is 0.563. The van der Waals surface area contributed by atoms with Crippen LogP contribution in [0.1, 0.15) is 0 Å². The zero-order chi connectivity index (χ0) is 17.0. The lowest BCUT2D eigenvalue weighted by atomic mass is 9.70. The normalized spacial score (nSPS) is 30.8. The minimum atomic E-state index is -1.08. The van der Waals surface area contributed by atoms with Crippen LogP contribution in [0.5, 0.6) is 0 Å². The summed E-state index contributed by atoms with van der Waals surface area (Å²) in [5.74, 6) is -4.83. The average molecular weight is 327 g/mol. The Morgan fingerprint density at radius 2 is 1.75 bits per heavy atom. The third-order valence-corrected chi connectivity index (χ3v) is 4.73. The SMILES string of the molecule is COC(=O)C1=C[C@@H]2C(=O)O[C@@H]1C1C(=O)N(c3ccccc3)C(=O)C12. The van der Waals surface area contributed by atoms with Crippen molar-refractivity contribution in [2.24, 2.45) is 17.8 Å². The van der Waals surface area contributed by atoms with Gasteiger partial charge in [-0.3, -0.25) is 14.4 Å². The third-order valence-electron chi connectivity index (χ3n) is 4.73. The van der Waals surface area contributed by atoms with E-state index in [9.17, 15) is 19.2 Å². The van der Waals surface area contributed by atoms with Crippen molar-refractivity contribution in [1.29, 1.82) is 0 Å². The van der Waals surface area contributed by atoms with Gasteiger partial charge in [-0.1, -0.05) is 24.3 Å². The smallest absolute Gasteiger partial charge is 0.337 e. The Labute approximate surface area is 136 Å². The van der Waals surface area contributed by atoms with E-state index in [1.165, 1.54) is 13.2 Å². The molecule has 1 aliphatic carbocycles. The Morgan fingerprint density at radius 1 is 1.08 bits per heavy atom. The highest BCUT2D eigenvalue weighted by Crippen LogP contribution is 2.48. The van der Waals surface area contributed by atoms with Crippen molar-refractivity contribution in [3.8, 4) is 0 Å². The molecule has 0 saturated carbocycles. The van der Waals surface area contributed by atoms with Crippen LogP contribution in [-0.2, 0) is 28.7 Å². The number of fused-ring (bicyclic) bond motifs is 1. The van der Waals surface area contributed by atoms with Crippen LogP contribution < -0.4 is 4.90 Å². The van der Waals surface area contributed by atoms with E-state index in [1.54, 1.807) is 30.3 Å². The molecule has 0 N–H and O–H groups in total. The van der Waals surface area contributed by atoms with Crippen molar-refractivity contribution in [2.45, 2.75) is 6.10 Å². The maximum Gasteiger partial charge on any atom is 0.337 e. The van der Waals surface area contributed by atoms with Crippen molar-refractivity contribution >= 4 is 29.4 Å². The molecule has 1 aromatic carbocycles. The third kappa shape index (κ3) is 1.78. The number of imide groups is 1. The lowest BCUT2D eigenvalue weighted by Crippen LogP contribution is -2.52. The molecule has 2 bridgehead atoms. The van der Waals surface area contributed by atoms with Crippen molar-refractivity contribution < 1.29 is 28.7 Å². The Morgan fingerprint density at radius 3 is 2.42 bits per heavy atom. The predicted molar refractivity (Wildman–Crippen MR) is 79.4 cm³/mol. The first kappa shape index (κ1) is 14.6. The Balaban J connectivity index is 1.79. The van der Waals surface area contributed by atoms with Crippen LogP contribution >= 0.6 is 0 Å². The van der Waals surface area contributed by atoms with E-state index in [2.05, 4.69) is 0 Å². The molecule has 4 atom stereocenters. The van der Waals surface area contributed by atoms with Gasteiger partial charge in [0.2, 0.25) is 11.8 Å². The van der Waals surface area contributed by atoms with E-state index in [-0.39, 0.29) is 5.57 Å². The Bertz CT molecular complexity index is 799. The minimum absolute atomic E-state index is 0.124. The number of para-hydroxylation sites is 1. The molecule has 3 heterocycles. The number of anilines is 1. The van der Waals surface area contributed by atoms with E-state index in [1.807, 2.05) is 0 Å². The van der Waals surface area contributed by atoms with E-state index in [0.717, 1.165) is 4.90 Å². The Hall–Kier alpha value is -2.96. The molecule has 7 nitrogen and oxygen atoms in total. The number of amides is 2. The number of rotatable bonds is 2. The van der Waals surface area contributed by atoms with E-state index in [0.29, 0.717) is 5.69 Å². The number of hydrogen-bond acceptors (Lipinski definition) is 6. The Kier molecular flexibility index (Phi) is 3.06. The number of ether oxygens (including phenoxy) is 2. The zero-order valence-electron chi connectivity index (χ0n) is 12.7. The number of esters is 2. The highest BCUT2D eigenvalue weighted by Gasteiger charge is 2.64. The van der Waals surface area contributed by atoms with Crippen LogP contribution in [0.15, 0.2) is 42.0 Å². The summed E-state index contributed by atoms with van der Waals surface area (Å²) < 4.78 is 9.92. The second-order valence-corrected chi connectivity index (χ2v) is 5.90. The molecule has 24 heavy (non-hydrogen) atoms. The molecule has 5 rings (SSSR count). The summed E-state index contributed by atoms with van der Waals surface area (Å²) in [7, 11) is 1.21. The minimum Gasteiger partial charge on any atom is -0.466 e. The zero-order valence-corrected chi connectivity index (χ0v) is 12.7. The summed E-state index contributed by atoms with van der Waals surface area (Å²) in [4.78, 5) is 50.6. The predicted octanol–water partition coefficient (Wildman–Crippen LogP) is 0.447. The molecule has 0 spiro atoms. The maximum absolute atomic E-state index is 12.8. The topological polar surface area (TPSA) is 90.0 Å². The van der Waals surface area contributed by atoms with E-state index >= 15 is 0 Å². The van der Waals surface area contributed by atoms with Gasteiger partial charge in [-0.2, -0.15) is 0 Å². The van der Waals surface area contributed by atoms with Crippen molar-refractivity contribution in [3.63, 3.8) is 0 Å². The fourth-order valence-electron chi connectivity index (χ4n) is 3.68. The summed E-state index contributed by atoms with van der Waals surface area (Å²) >= 11 is 0. The summed E-state index contributed by atoms with van der Waals surface area (Å²) in [5, 5.41) is 0. The van der Waals surface area contributed by atoms with Crippen LogP contribution in [0, 0.1) is 17.8 Å². The van der Waals surface area contributed by atoms with Crippen LogP contribution in [0.4, 0.5) is 5.69 Å². The molecule has 2 saturated heterocycles. The largest absolute Gasteiger partial charge is 0.466 e. The number of carbonyl (C=O) groups excluding carboxylic acids is 4. The van der Waals surface area contributed by atoms with Gasteiger partial charge in [0.15, 0.2) is 0 Å². The van der Waals surface area contributed by atoms with Gasteiger partial charge < -0.3 is 9.47 Å². The molecule has 2 fully saturated rings. The van der Waals surface area contributed by atoms with Crippen molar-refractivity contribution in [3.05, 3.63) is 42.0 Å². The van der Waals surface area contributed by atoms with Gasteiger partial charge >= 0.3 is 11.9 Å². The number of nitrogens with zero attached hydrogens (tertiary/aromatic N) is 1. The second-order valence-electron chi connectivity index (χ2n) is 5.90. The fourth-order valence-corrected chi connectivity index (χ4v) is 3.68. The number of carbonyl (C=O) groups is 4. The lowest BCUT2D eigenvalue weighted by Gasteiger charge is -2.39. The van der Waals surface area contributed by atoms with Gasteiger partial charge in [0, 0.05) is 0 Å². The van der Waals surface area contributed by atoms with Gasteiger partial charge in [-0.05, 0) is 12.1 Å². The molecule has 1 aromatic rings. The van der Waals surface area contributed by atoms with E-state index < -0.39 is 47.6 Å². The standard InChI is InChI=1S/C17H13NO6/c1-23-16(21)10-7-9-11-12(13(10)24-17(9)22)15(20)18(14(11)19)8-5-3-2-4-6-8/h2-7,9,11-13H,1H3/t9-,11?,12?,13-/m0/s1. The number of methoxy groups -OCH3 is 1. The fraction of sp³-hybridized carbons (Fsp3) is 0.294. The number of hydrogen-bond donors (Lipinski definition) is 0. The molecule has 3 aliphatic heterocycles. The molecular weight excluding hydrogens is 314 g/mol. The van der Waals surface area contributed by atoms with Gasteiger partial charge in [-0.15, -0.1) is 0 Å². The molecule has 2 amide bonds. The van der Waals surface area contributed by atoms with Crippen LogP contribution in [-0.4, -0.2) is 37.0 Å². The quantitative estimate of drug-likeness (QED) is 0.578. The van der Waals surface area contributed by atoms with Gasteiger partial charge in [0.1, 0.15) is 6.10 Å². The molecule has 7 heteroatoms. The van der Waals surface area contributed by atoms with Gasteiger partial charge in [0.05, 0.1) is 36.1 Å². The monoisotopic (exact) mass is 327 g/mol. The van der Waals surface area contributed by atoms with Gasteiger partial charge in [0.25, 0.3) is 0 Å². The van der Waals surface area contributed by atoms with Crippen LogP contribution in [0.3, 0.4) is 0 Å². The first-order chi connectivity index (χ1) is 11.5. The molecule has 2 unspecified atom stereocenters. The highest BCUT2D eigenvalue weighted by atomic mass is 16.6. The van der Waals surface area contributed by atoms with Crippen molar-refractivity contribution in [1.82, 2.24) is 0 Å². The van der Waals surface area contributed by atoms with Gasteiger partial charge in [-0.25, -0.2) is 9.69 Å². The lowest BCUT2D eigenvalue weighted by molar-refractivity contribution is -0.171. The van der Waals surface area contributed by atoms with Crippen LogP contribution in [0.2, 0.25) is 0 Å². The summed E-state index contributed by atoms with van der Waals surface area (Å²) in [6.45, 7) is 0. The number of benzene rings is 1. The second kappa shape index (κ2) is 5.02. The van der Waals surface area contributed by atoms with Crippen LogP contribution in [0.25, 0.3) is 0 Å². The first-order valence-corrected chi connectivity index (χ1v) is 7.48. The molecule has 4 aliphatic rings. The molecule has 122 valence electrons. The maximum atomic E-state index is 12.8. The summed E-state index contributed by atoms with van der Waals surface area (Å²) in [6, 6.07) is 8.49. The first-order valence-electron chi connectivity index (χ1n) is 7.48. The molecule has 0 aromatic heterocycles.